The van der Waals surface area contributed by atoms with Crippen molar-refractivity contribution < 1.29 is 4.84 Å². The number of fused-ring (bicyclic) bond motifs is 1. The summed E-state index contributed by atoms with van der Waals surface area (Å²) in [6, 6.07) is 8.01. The van der Waals surface area contributed by atoms with Crippen molar-refractivity contribution in [2.45, 2.75) is 19.4 Å². The molecule has 2 N–H and O–H groups in total. The lowest BCUT2D eigenvalue weighted by molar-refractivity contribution is -0.0236. The number of rotatable bonds is 2. The molecule has 4 heteroatoms. The van der Waals surface area contributed by atoms with Crippen LogP contribution in [0, 0.1) is 0 Å². The second-order valence-corrected chi connectivity index (χ2v) is 4.65. The van der Waals surface area contributed by atoms with Crippen LogP contribution in [0.1, 0.15) is 18.9 Å². The number of aromatic nitrogens is 1. The normalized spacial score (nSPS) is 12.2. The molecule has 0 fully saturated rings. The van der Waals surface area contributed by atoms with Gasteiger partial charge in [-0.25, -0.2) is 10.9 Å². The molecule has 3 nitrogen and oxygen atoms in total. The molecule has 0 spiro atoms. The minimum atomic E-state index is -0.510. The molecule has 0 radical (unpaired) electrons. The third-order valence-corrected chi connectivity index (χ3v) is 3.44. The molecule has 0 aliphatic carbocycles. The molecule has 0 aliphatic heterocycles. The third kappa shape index (κ3) is 1.52. The third-order valence-electron chi connectivity index (χ3n) is 2.10. The first kappa shape index (κ1) is 9.58. The summed E-state index contributed by atoms with van der Waals surface area (Å²) >= 11 is 1.61. The van der Waals surface area contributed by atoms with Gasteiger partial charge < -0.3 is 0 Å². The van der Waals surface area contributed by atoms with E-state index in [2.05, 4.69) is 4.98 Å². The summed E-state index contributed by atoms with van der Waals surface area (Å²) in [6.07, 6.45) is 0. The standard InChI is InChI=1S/C10H12N2OS/c1-10(2,13-11)9-12-7-5-3-4-6-8(7)14-9/h3-6H,11H2,1-2H3. The second kappa shape index (κ2) is 3.31. The molecule has 0 saturated heterocycles. The van der Waals surface area contributed by atoms with Crippen LogP contribution in [0.3, 0.4) is 0 Å². The first-order valence-corrected chi connectivity index (χ1v) is 5.19. The number of thiazole rings is 1. The molecule has 1 aromatic carbocycles. The lowest BCUT2D eigenvalue weighted by Crippen LogP contribution is -2.24. The molecule has 1 aromatic heterocycles. The van der Waals surface area contributed by atoms with E-state index in [1.54, 1.807) is 11.3 Å². The quantitative estimate of drug-likeness (QED) is 0.771. The van der Waals surface area contributed by atoms with Crippen LogP contribution in [0.25, 0.3) is 10.2 Å². The van der Waals surface area contributed by atoms with E-state index in [9.17, 15) is 0 Å². The second-order valence-electron chi connectivity index (χ2n) is 3.61. The van der Waals surface area contributed by atoms with Crippen molar-refractivity contribution in [2.24, 2.45) is 5.90 Å². The zero-order chi connectivity index (χ0) is 10.2. The van der Waals surface area contributed by atoms with E-state index in [1.807, 2.05) is 38.1 Å². The van der Waals surface area contributed by atoms with Gasteiger partial charge in [0.2, 0.25) is 0 Å². The van der Waals surface area contributed by atoms with Gasteiger partial charge in [0.1, 0.15) is 10.6 Å². The molecule has 2 aromatic rings. The zero-order valence-electron chi connectivity index (χ0n) is 8.15. The van der Waals surface area contributed by atoms with Crippen molar-refractivity contribution >= 4 is 21.6 Å². The van der Waals surface area contributed by atoms with Gasteiger partial charge in [-0.2, -0.15) is 0 Å². The minimum absolute atomic E-state index is 0.510. The van der Waals surface area contributed by atoms with Gasteiger partial charge in [-0.3, -0.25) is 4.84 Å². The summed E-state index contributed by atoms with van der Waals surface area (Å²) in [5.74, 6) is 5.23. The highest BCUT2D eigenvalue weighted by molar-refractivity contribution is 7.18. The van der Waals surface area contributed by atoms with Crippen LogP contribution in [0.2, 0.25) is 0 Å². The Morgan fingerprint density at radius 2 is 2.07 bits per heavy atom. The zero-order valence-corrected chi connectivity index (χ0v) is 8.97. The van der Waals surface area contributed by atoms with Crippen LogP contribution in [-0.2, 0) is 10.4 Å². The molecule has 74 valence electrons. The minimum Gasteiger partial charge on any atom is -0.291 e. The van der Waals surface area contributed by atoms with E-state index < -0.39 is 5.60 Å². The van der Waals surface area contributed by atoms with Crippen molar-refractivity contribution in [2.75, 3.05) is 0 Å². The SMILES string of the molecule is CC(C)(ON)c1nc2ccccc2s1. The van der Waals surface area contributed by atoms with E-state index in [-0.39, 0.29) is 0 Å². The molecule has 0 aliphatic rings. The van der Waals surface area contributed by atoms with Crippen LogP contribution in [0.5, 0.6) is 0 Å². The van der Waals surface area contributed by atoms with Crippen LogP contribution in [0.4, 0.5) is 0 Å². The van der Waals surface area contributed by atoms with E-state index in [0.29, 0.717) is 0 Å². The predicted molar refractivity (Wildman–Crippen MR) is 57.9 cm³/mol. The molecule has 1 heterocycles. The smallest absolute Gasteiger partial charge is 0.135 e. The van der Waals surface area contributed by atoms with Gasteiger partial charge in [-0.05, 0) is 26.0 Å². The Morgan fingerprint density at radius 3 is 2.71 bits per heavy atom. The topological polar surface area (TPSA) is 48.1 Å². The number of hydrogen-bond acceptors (Lipinski definition) is 4. The highest BCUT2D eigenvalue weighted by Crippen LogP contribution is 2.30. The molecular weight excluding hydrogens is 196 g/mol. The summed E-state index contributed by atoms with van der Waals surface area (Å²) in [5, 5.41) is 0.904. The summed E-state index contributed by atoms with van der Waals surface area (Å²) in [4.78, 5) is 9.37. The number of benzene rings is 1. The Morgan fingerprint density at radius 1 is 1.36 bits per heavy atom. The van der Waals surface area contributed by atoms with Crippen molar-refractivity contribution in [3.8, 4) is 0 Å². The molecule has 2 rings (SSSR count). The molecule has 14 heavy (non-hydrogen) atoms. The Hall–Kier alpha value is -0.970. The van der Waals surface area contributed by atoms with Gasteiger partial charge in [0, 0.05) is 0 Å². The summed E-state index contributed by atoms with van der Waals surface area (Å²) < 4.78 is 1.16. The van der Waals surface area contributed by atoms with Crippen molar-refractivity contribution in [1.82, 2.24) is 4.98 Å². The van der Waals surface area contributed by atoms with E-state index >= 15 is 0 Å². The molecule has 0 atom stereocenters. The monoisotopic (exact) mass is 208 g/mol. The molecule has 0 bridgehead atoms. The van der Waals surface area contributed by atoms with Crippen molar-refractivity contribution in [3.05, 3.63) is 29.3 Å². The first-order valence-electron chi connectivity index (χ1n) is 4.37. The Balaban J connectivity index is 2.55. The molecule has 0 unspecified atom stereocenters. The van der Waals surface area contributed by atoms with Crippen molar-refractivity contribution in [3.63, 3.8) is 0 Å². The highest BCUT2D eigenvalue weighted by Gasteiger charge is 2.24. The Bertz CT molecular complexity index is 417. The van der Waals surface area contributed by atoms with Gasteiger partial charge in [0.25, 0.3) is 0 Å². The molecule has 0 saturated carbocycles. The van der Waals surface area contributed by atoms with Gasteiger partial charge in [-0.1, -0.05) is 12.1 Å². The summed E-state index contributed by atoms with van der Waals surface area (Å²) in [5.41, 5.74) is 0.488. The molecular formula is C10H12N2OS. The maximum Gasteiger partial charge on any atom is 0.135 e. The number of hydrogen-bond donors (Lipinski definition) is 1. The van der Waals surface area contributed by atoms with Crippen LogP contribution >= 0.6 is 11.3 Å². The van der Waals surface area contributed by atoms with E-state index in [1.165, 1.54) is 0 Å². The maximum atomic E-state index is 5.23. The van der Waals surface area contributed by atoms with Gasteiger partial charge in [0.05, 0.1) is 10.2 Å². The fourth-order valence-electron chi connectivity index (χ4n) is 1.18. The number of para-hydroxylation sites is 1. The number of nitrogens with zero attached hydrogens (tertiary/aromatic N) is 1. The summed E-state index contributed by atoms with van der Waals surface area (Å²) in [7, 11) is 0. The van der Waals surface area contributed by atoms with E-state index in [4.69, 9.17) is 10.7 Å². The fourth-order valence-corrected chi connectivity index (χ4v) is 2.19. The van der Waals surface area contributed by atoms with E-state index in [0.717, 1.165) is 15.2 Å². The molecule has 0 amide bonds. The van der Waals surface area contributed by atoms with Gasteiger partial charge >= 0.3 is 0 Å². The average molecular weight is 208 g/mol. The summed E-state index contributed by atoms with van der Waals surface area (Å²) in [6.45, 7) is 3.81. The van der Waals surface area contributed by atoms with Gasteiger partial charge in [0.15, 0.2) is 0 Å². The van der Waals surface area contributed by atoms with Crippen LogP contribution < -0.4 is 5.90 Å². The first-order chi connectivity index (χ1) is 6.63. The fraction of sp³-hybridized carbons (Fsp3) is 0.300. The maximum absolute atomic E-state index is 5.23. The largest absolute Gasteiger partial charge is 0.291 e. The Kier molecular flexibility index (Phi) is 2.26. The lowest BCUT2D eigenvalue weighted by atomic mass is 10.1. The van der Waals surface area contributed by atoms with Crippen LogP contribution in [-0.4, -0.2) is 4.98 Å². The number of nitrogens with two attached hydrogens (primary N) is 1. The Labute approximate surface area is 86.5 Å². The highest BCUT2D eigenvalue weighted by atomic mass is 32.1. The average Bonchev–Trinajstić information content (AvgIpc) is 2.61. The lowest BCUT2D eigenvalue weighted by Gasteiger charge is -2.17. The predicted octanol–water partition coefficient (Wildman–Crippen LogP) is 2.42. The van der Waals surface area contributed by atoms with Gasteiger partial charge in [-0.15, -0.1) is 11.3 Å². The van der Waals surface area contributed by atoms with Crippen molar-refractivity contribution in [1.29, 1.82) is 0 Å². The van der Waals surface area contributed by atoms with Crippen LogP contribution in [0.15, 0.2) is 24.3 Å².